The van der Waals surface area contributed by atoms with Gasteiger partial charge in [-0.05, 0) is 37.8 Å². The van der Waals surface area contributed by atoms with Crippen molar-refractivity contribution in [2.24, 2.45) is 5.73 Å². The second-order valence-corrected chi connectivity index (χ2v) is 6.27. The Morgan fingerprint density at radius 2 is 1.87 bits per heavy atom. The number of anilines is 1. The molecule has 122 valence electrons. The van der Waals surface area contributed by atoms with Crippen LogP contribution in [0.5, 0.6) is 0 Å². The van der Waals surface area contributed by atoms with Crippen LogP contribution in [-0.2, 0) is 9.59 Å². The SMILES string of the molecule is CN(C(=O)[C@@H]1CC[C@@H]2C/C=C\C[C@H](N)C(=O)N21)c1ccccc1. The third-order valence-electron chi connectivity index (χ3n) is 4.80. The molecule has 0 aromatic heterocycles. The minimum atomic E-state index is -0.551. The number of carbonyl (C=O) groups excluding carboxylic acids is 2. The largest absolute Gasteiger partial charge is 0.326 e. The molecule has 1 saturated heterocycles. The molecule has 3 rings (SSSR count). The first kappa shape index (κ1) is 15.7. The van der Waals surface area contributed by atoms with Gasteiger partial charge in [0, 0.05) is 18.8 Å². The van der Waals surface area contributed by atoms with Gasteiger partial charge in [-0.15, -0.1) is 0 Å². The van der Waals surface area contributed by atoms with Crippen LogP contribution < -0.4 is 10.6 Å². The van der Waals surface area contributed by atoms with Crippen molar-refractivity contribution in [3.05, 3.63) is 42.5 Å². The topological polar surface area (TPSA) is 66.6 Å². The van der Waals surface area contributed by atoms with Gasteiger partial charge < -0.3 is 15.5 Å². The molecule has 0 unspecified atom stereocenters. The Morgan fingerprint density at radius 3 is 2.61 bits per heavy atom. The standard InChI is InChI=1S/C18H23N3O2/c1-20(13-7-3-2-4-8-13)18(23)16-12-11-14-9-5-6-10-15(19)17(22)21(14)16/h2-8,14-16H,9-12,19H2,1H3/b6-5-/t14-,15-,16-/m0/s1. The van der Waals surface area contributed by atoms with Crippen LogP contribution in [-0.4, -0.2) is 41.9 Å². The molecule has 3 atom stereocenters. The van der Waals surface area contributed by atoms with E-state index < -0.39 is 12.1 Å². The molecule has 1 aromatic carbocycles. The summed E-state index contributed by atoms with van der Waals surface area (Å²) >= 11 is 0. The highest BCUT2D eigenvalue weighted by Crippen LogP contribution is 2.30. The number of carbonyl (C=O) groups is 2. The summed E-state index contributed by atoms with van der Waals surface area (Å²) in [7, 11) is 1.76. The van der Waals surface area contributed by atoms with E-state index in [0.29, 0.717) is 12.8 Å². The van der Waals surface area contributed by atoms with Crippen LogP contribution in [0.2, 0.25) is 0 Å². The maximum Gasteiger partial charge on any atom is 0.249 e. The number of hydrogen-bond acceptors (Lipinski definition) is 3. The van der Waals surface area contributed by atoms with Gasteiger partial charge in [-0.1, -0.05) is 30.4 Å². The summed E-state index contributed by atoms with van der Waals surface area (Å²) in [4.78, 5) is 29.0. The quantitative estimate of drug-likeness (QED) is 0.845. The molecule has 0 bridgehead atoms. The van der Waals surface area contributed by atoms with Gasteiger partial charge in [-0.2, -0.15) is 0 Å². The highest BCUT2D eigenvalue weighted by atomic mass is 16.2. The van der Waals surface area contributed by atoms with E-state index in [1.54, 1.807) is 16.8 Å². The van der Waals surface area contributed by atoms with E-state index in [9.17, 15) is 9.59 Å². The van der Waals surface area contributed by atoms with Gasteiger partial charge in [0.2, 0.25) is 11.8 Å². The first-order chi connectivity index (χ1) is 11.1. The highest BCUT2D eigenvalue weighted by Gasteiger charge is 2.43. The molecular weight excluding hydrogens is 290 g/mol. The van der Waals surface area contributed by atoms with Gasteiger partial charge >= 0.3 is 0 Å². The maximum atomic E-state index is 12.9. The van der Waals surface area contributed by atoms with Crippen LogP contribution in [0.15, 0.2) is 42.5 Å². The molecule has 0 spiro atoms. The van der Waals surface area contributed by atoms with E-state index in [0.717, 1.165) is 18.5 Å². The number of amides is 2. The second-order valence-electron chi connectivity index (χ2n) is 6.27. The molecule has 2 aliphatic rings. The highest BCUT2D eigenvalue weighted by molar-refractivity contribution is 5.99. The van der Waals surface area contributed by atoms with Crippen molar-refractivity contribution >= 4 is 17.5 Å². The lowest BCUT2D eigenvalue weighted by molar-refractivity contribution is -0.140. The Labute approximate surface area is 136 Å². The van der Waals surface area contributed by atoms with Crippen molar-refractivity contribution in [2.45, 2.75) is 43.8 Å². The average Bonchev–Trinajstić information content (AvgIpc) is 2.99. The molecule has 1 fully saturated rings. The molecule has 2 heterocycles. The van der Waals surface area contributed by atoms with Gasteiger partial charge in [0.15, 0.2) is 0 Å². The number of nitrogens with two attached hydrogens (primary N) is 1. The second kappa shape index (κ2) is 6.54. The van der Waals surface area contributed by atoms with Gasteiger partial charge in [0.05, 0.1) is 6.04 Å². The van der Waals surface area contributed by atoms with E-state index in [4.69, 9.17) is 5.73 Å². The third kappa shape index (κ3) is 3.01. The molecule has 1 aromatic rings. The number of likely N-dealkylation sites (N-methyl/N-ethyl adjacent to an activating group) is 1. The smallest absolute Gasteiger partial charge is 0.249 e. The minimum absolute atomic E-state index is 0.0381. The Morgan fingerprint density at radius 1 is 1.17 bits per heavy atom. The summed E-state index contributed by atoms with van der Waals surface area (Å²) in [5.74, 6) is -0.138. The van der Waals surface area contributed by atoms with E-state index in [1.165, 1.54) is 0 Å². The number of para-hydroxylation sites is 1. The Hall–Kier alpha value is -2.14. The van der Waals surface area contributed by atoms with Crippen LogP contribution in [0.4, 0.5) is 5.69 Å². The molecular formula is C18H23N3O2. The Bertz CT molecular complexity index is 614. The zero-order valence-corrected chi connectivity index (χ0v) is 13.4. The summed E-state index contributed by atoms with van der Waals surface area (Å²) in [6.45, 7) is 0. The lowest BCUT2D eigenvalue weighted by Gasteiger charge is -2.34. The van der Waals surface area contributed by atoms with Crippen molar-refractivity contribution in [1.82, 2.24) is 4.90 Å². The molecule has 2 N–H and O–H groups in total. The van der Waals surface area contributed by atoms with Gasteiger partial charge in [-0.25, -0.2) is 0 Å². The first-order valence-corrected chi connectivity index (χ1v) is 8.15. The summed E-state index contributed by atoms with van der Waals surface area (Å²) in [5.41, 5.74) is 6.82. The Balaban J connectivity index is 1.83. The summed E-state index contributed by atoms with van der Waals surface area (Å²) in [6, 6.07) is 8.64. The summed E-state index contributed by atoms with van der Waals surface area (Å²) in [6.07, 6.45) is 6.95. The summed E-state index contributed by atoms with van der Waals surface area (Å²) < 4.78 is 0. The van der Waals surface area contributed by atoms with Crippen LogP contribution in [0, 0.1) is 0 Å². The fourth-order valence-electron chi connectivity index (χ4n) is 3.48. The van der Waals surface area contributed by atoms with Gasteiger partial charge in [0.25, 0.3) is 0 Å². The predicted octanol–water partition coefficient (Wildman–Crippen LogP) is 1.69. The average molecular weight is 313 g/mol. The van der Waals surface area contributed by atoms with Crippen LogP contribution in [0.25, 0.3) is 0 Å². The minimum Gasteiger partial charge on any atom is -0.326 e. The Kier molecular flexibility index (Phi) is 4.48. The molecule has 0 radical (unpaired) electrons. The van der Waals surface area contributed by atoms with Crippen molar-refractivity contribution in [2.75, 3.05) is 11.9 Å². The zero-order valence-electron chi connectivity index (χ0n) is 13.4. The normalized spacial score (nSPS) is 28.7. The fourth-order valence-corrected chi connectivity index (χ4v) is 3.48. The lowest BCUT2D eigenvalue weighted by atomic mass is 10.1. The lowest BCUT2D eigenvalue weighted by Crippen LogP contribution is -2.54. The summed E-state index contributed by atoms with van der Waals surface area (Å²) in [5, 5.41) is 0. The number of rotatable bonds is 2. The number of hydrogen-bond donors (Lipinski definition) is 1. The first-order valence-electron chi connectivity index (χ1n) is 8.15. The van der Waals surface area contributed by atoms with Crippen LogP contribution in [0.3, 0.4) is 0 Å². The molecule has 23 heavy (non-hydrogen) atoms. The van der Waals surface area contributed by atoms with Gasteiger partial charge in [0.1, 0.15) is 6.04 Å². The number of benzene rings is 1. The van der Waals surface area contributed by atoms with Crippen molar-refractivity contribution < 1.29 is 9.59 Å². The molecule has 5 heteroatoms. The van der Waals surface area contributed by atoms with E-state index in [1.807, 2.05) is 36.4 Å². The number of nitrogens with zero attached hydrogens (tertiary/aromatic N) is 2. The molecule has 0 aliphatic carbocycles. The predicted molar refractivity (Wildman–Crippen MR) is 89.9 cm³/mol. The number of fused-ring (bicyclic) bond motifs is 1. The van der Waals surface area contributed by atoms with Crippen molar-refractivity contribution in [3.63, 3.8) is 0 Å². The maximum absolute atomic E-state index is 12.9. The molecule has 2 aliphatic heterocycles. The van der Waals surface area contributed by atoms with Gasteiger partial charge in [-0.3, -0.25) is 9.59 Å². The third-order valence-corrected chi connectivity index (χ3v) is 4.80. The monoisotopic (exact) mass is 313 g/mol. The molecule has 2 amide bonds. The van der Waals surface area contributed by atoms with E-state index in [2.05, 4.69) is 6.08 Å². The zero-order chi connectivity index (χ0) is 16.4. The van der Waals surface area contributed by atoms with Crippen molar-refractivity contribution in [3.8, 4) is 0 Å². The fraction of sp³-hybridized carbons (Fsp3) is 0.444. The van der Waals surface area contributed by atoms with Crippen LogP contribution >= 0.6 is 0 Å². The van der Waals surface area contributed by atoms with E-state index >= 15 is 0 Å². The van der Waals surface area contributed by atoms with Crippen LogP contribution in [0.1, 0.15) is 25.7 Å². The van der Waals surface area contributed by atoms with Crippen molar-refractivity contribution in [1.29, 1.82) is 0 Å². The van der Waals surface area contributed by atoms with E-state index in [-0.39, 0.29) is 17.9 Å². The molecule has 0 saturated carbocycles. The molecule has 5 nitrogen and oxygen atoms in total.